The molecule has 4 bridgehead atoms. The van der Waals surface area contributed by atoms with E-state index >= 15 is 0 Å². The average Bonchev–Trinajstić information content (AvgIpc) is 2.11. The van der Waals surface area contributed by atoms with Crippen LogP contribution in [0.15, 0.2) is 0 Å². The van der Waals surface area contributed by atoms with Gasteiger partial charge in [-0.25, -0.2) is 0 Å². The Kier molecular flexibility index (Phi) is 2.78. The lowest BCUT2D eigenvalue weighted by atomic mass is 9.49. The van der Waals surface area contributed by atoms with Crippen LogP contribution >= 0.6 is 11.6 Å². The molecule has 4 rings (SSSR count). The Morgan fingerprint density at radius 1 is 1.29 bits per heavy atom. The predicted molar refractivity (Wildman–Crippen MR) is 70.3 cm³/mol. The highest BCUT2D eigenvalue weighted by atomic mass is 35.5. The first kappa shape index (κ1) is 12.3. The van der Waals surface area contributed by atoms with Gasteiger partial charge in [-0.1, -0.05) is 0 Å². The molecule has 4 aliphatic rings. The molecule has 98 valence electrons. The smallest absolute Gasteiger partial charge is 0.0670 e. The fraction of sp³-hybridized carbons (Fsp3) is 1.00. The Morgan fingerprint density at radius 3 is 2.65 bits per heavy atom. The second kappa shape index (κ2) is 3.85. The fourth-order valence-corrected chi connectivity index (χ4v) is 5.76. The summed E-state index contributed by atoms with van der Waals surface area (Å²) >= 11 is 6.89. The third kappa shape index (κ3) is 2.02. The summed E-state index contributed by atoms with van der Waals surface area (Å²) in [6.07, 6.45) is 6.52. The van der Waals surface area contributed by atoms with E-state index in [1.54, 1.807) is 0 Å². The van der Waals surface area contributed by atoms with Crippen molar-refractivity contribution in [3.05, 3.63) is 0 Å². The van der Waals surface area contributed by atoms with E-state index in [4.69, 9.17) is 11.6 Å². The van der Waals surface area contributed by atoms with Crippen molar-refractivity contribution >= 4 is 11.6 Å². The maximum absolute atomic E-state index is 10.6. The van der Waals surface area contributed by atoms with E-state index in [2.05, 4.69) is 19.0 Å². The van der Waals surface area contributed by atoms with Crippen molar-refractivity contribution in [2.24, 2.45) is 17.8 Å². The van der Waals surface area contributed by atoms with Crippen molar-refractivity contribution in [2.45, 2.75) is 49.0 Å². The van der Waals surface area contributed by atoms with Gasteiger partial charge >= 0.3 is 0 Å². The first-order valence-corrected chi connectivity index (χ1v) is 7.34. The summed E-state index contributed by atoms with van der Waals surface area (Å²) in [5, 5.41) is 10.6. The minimum atomic E-state index is -0.414. The van der Waals surface area contributed by atoms with Gasteiger partial charge in [-0.05, 0) is 76.9 Å². The van der Waals surface area contributed by atoms with Crippen LogP contribution in [0.4, 0.5) is 0 Å². The molecule has 0 aromatic rings. The molecule has 2 nitrogen and oxygen atoms in total. The third-order valence-electron chi connectivity index (χ3n) is 5.32. The zero-order valence-corrected chi connectivity index (χ0v) is 11.7. The van der Waals surface area contributed by atoms with Crippen LogP contribution in [-0.4, -0.2) is 41.1 Å². The lowest BCUT2D eigenvalue weighted by Crippen LogP contribution is -2.61. The number of nitrogens with zero attached hydrogens (tertiary/aromatic N) is 1. The van der Waals surface area contributed by atoms with Gasteiger partial charge in [-0.3, -0.25) is 0 Å². The largest absolute Gasteiger partial charge is 0.390 e. The van der Waals surface area contributed by atoms with E-state index in [1.807, 2.05) is 0 Å². The van der Waals surface area contributed by atoms with Crippen LogP contribution in [0, 0.1) is 17.8 Å². The molecule has 3 heteroatoms. The highest BCUT2D eigenvalue weighted by Crippen LogP contribution is 2.63. The molecule has 0 aliphatic heterocycles. The van der Waals surface area contributed by atoms with Gasteiger partial charge < -0.3 is 10.0 Å². The molecule has 5 atom stereocenters. The second-order valence-corrected chi connectivity index (χ2v) is 7.86. The minimum absolute atomic E-state index is 0.0884. The first-order valence-electron chi connectivity index (χ1n) is 6.96. The molecular weight excluding hydrogens is 234 g/mol. The summed E-state index contributed by atoms with van der Waals surface area (Å²) in [5.74, 6) is 2.00. The summed E-state index contributed by atoms with van der Waals surface area (Å²) in [6, 6.07) is 0. The Hall–Kier alpha value is 0.210. The number of halogens is 1. The third-order valence-corrected chi connectivity index (χ3v) is 5.89. The zero-order chi connectivity index (χ0) is 12.3. The maximum atomic E-state index is 10.6. The molecule has 17 heavy (non-hydrogen) atoms. The van der Waals surface area contributed by atoms with Crippen LogP contribution < -0.4 is 0 Å². The summed E-state index contributed by atoms with van der Waals surface area (Å²) in [5.41, 5.74) is -0.414. The van der Waals surface area contributed by atoms with Crippen LogP contribution in [-0.2, 0) is 0 Å². The molecular formula is C14H24ClNO. The van der Waals surface area contributed by atoms with Gasteiger partial charge in [0, 0.05) is 0 Å². The zero-order valence-electron chi connectivity index (χ0n) is 11.0. The van der Waals surface area contributed by atoms with Gasteiger partial charge in [0.05, 0.1) is 10.5 Å². The van der Waals surface area contributed by atoms with Gasteiger partial charge in [-0.2, -0.15) is 0 Å². The summed E-state index contributed by atoms with van der Waals surface area (Å²) in [4.78, 5) is 2.16. The van der Waals surface area contributed by atoms with Crippen LogP contribution in [0.5, 0.6) is 0 Å². The van der Waals surface area contributed by atoms with E-state index in [9.17, 15) is 5.11 Å². The number of aliphatic hydroxyl groups is 1. The van der Waals surface area contributed by atoms with Gasteiger partial charge in [0.2, 0.25) is 0 Å². The number of hydrogen-bond donors (Lipinski definition) is 1. The Bertz CT molecular complexity index is 321. The van der Waals surface area contributed by atoms with Crippen LogP contribution in [0.2, 0.25) is 0 Å². The molecule has 0 saturated heterocycles. The molecule has 0 spiro atoms. The Labute approximate surface area is 109 Å². The van der Waals surface area contributed by atoms with Crippen molar-refractivity contribution in [3.63, 3.8) is 0 Å². The minimum Gasteiger partial charge on any atom is -0.390 e. The van der Waals surface area contributed by atoms with Crippen molar-refractivity contribution in [1.29, 1.82) is 0 Å². The van der Waals surface area contributed by atoms with Crippen molar-refractivity contribution in [2.75, 3.05) is 20.6 Å². The van der Waals surface area contributed by atoms with Crippen molar-refractivity contribution < 1.29 is 5.11 Å². The Balaban J connectivity index is 1.78. The molecule has 0 aromatic heterocycles. The molecule has 4 aliphatic carbocycles. The maximum Gasteiger partial charge on any atom is 0.0670 e. The predicted octanol–water partition coefficient (Wildman–Crippen LogP) is 2.49. The van der Waals surface area contributed by atoms with E-state index < -0.39 is 5.60 Å². The molecule has 4 saturated carbocycles. The Morgan fingerprint density at radius 2 is 2.06 bits per heavy atom. The normalized spacial score (nSPS) is 52.4. The van der Waals surface area contributed by atoms with Gasteiger partial charge in [-0.15, -0.1) is 11.6 Å². The van der Waals surface area contributed by atoms with Gasteiger partial charge in [0.25, 0.3) is 0 Å². The van der Waals surface area contributed by atoms with Crippen LogP contribution in [0.25, 0.3) is 0 Å². The van der Waals surface area contributed by atoms with E-state index in [1.165, 1.54) is 12.8 Å². The van der Waals surface area contributed by atoms with E-state index in [0.717, 1.165) is 32.2 Å². The highest BCUT2D eigenvalue weighted by Gasteiger charge is 2.61. The molecule has 1 N–H and O–H groups in total. The van der Waals surface area contributed by atoms with Gasteiger partial charge in [0.15, 0.2) is 0 Å². The lowest BCUT2D eigenvalue weighted by molar-refractivity contribution is -0.143. The average molecular weight is 258 g/mol. The SMILES string of the molecule is CN(C)CC[C@@H]1[C@H]2C[C@@H]3C[C@](O)(C2)C[C@@]1(Cl)C3. The summed E-state index contributed by atoms with van der Waals surface area (Å²) < 4.78 is 0. The topological polar surface area (TPSA) is 23.5 Å². The highest BCUT2D eigenvalue weighted by molar-refractivity contribution is 6.24. The molecule has 0 radical (unpaired) electrons. The number of alkyl halides is 1. The molecule has 0 amide bonds. The molecule has 0 heterocycles. The first-order chi connectivity index (χ1) is 7.90. The van der Waals surface area contributed by atoms with Crippen molar-refractivity contribution in [3.8, 4) is 0 Å². The second-order valence-electron chi connectivity index (χ2n) is 7.11. The van der Waals surface area contributed by atoms with Crippen LogP contribution in [0.3, 0.4) is 0 Å². The monoisotopic (exact) mass is 257 g/mol. The summed E-state index contributed by atoms with van der Waals surface area (Å²) in [6.45, 7) is 1.12. The van der Waals surface area contributed by atoms with E-state index in [-0.39, 0.29) is 4.87 Å². The number of hydrogen-bond acceptors (Lipinski definition) is 2. The van der Waals surface area contributed by atoms with E-state index in [0.29, 0.717) is 17.8 Å². The van der Waals surface area contributed by atoms with Crippen molar-refractivity contribution in [1.82, 2.24) is 4.90 Å². The quantitative estimate of drug-likeness (QED) is 0.786. The fourth-order valence-electron chi connectivity index (χ4n) is 5.01. The summed E-state index contributed by atoms with van der Waals surface area (Å²) in [7, 11) is 4.26. The molecule has 0 unspecified atom stereocenters. The lowest BCUT2D eigenvalue weighted by Gasteiger charge is -2.62. The number of rotatable bonds is 3. The van der Waals surface area contributed by atoms with Gasteiger partial charge in [0.1, 0.15) is 0 Å². The molecule has 4 fully saturated rings. The standard InChI is InChI=1S/C14H24ClNO/c1-16(2)4-3-12-11-5-10-6-13(17,8-11)9-14(12,15)7-10/h10-12,17H,3-9H2,1-2H3/t10-,11+,12-,13+,14+/m1/s1. The van der Waals surface area contributed by atoms with Crippen LogP contribution in [0.1, 0.15) is 38.5 Å². The molecule has 0 aromatic carbocycles.